The van der Waals surface area contributed by atoms with E-state index in [1.807, 2.05) is 30.5 Å². The average Bonchev–Trinajstić information content (AvgIpc) is 3.27. The first kappa shape index (κ1) is 17.0. The van der Waals surface area contributed by atoms with Gasteiger partial charge < -0.3 is 4.98 Å². The Morgan fingerprint density at radius 3 is 3.15 bits per heavy atom. The first-order valence-corrected chi connectivity index (χ1v) is 11.0. The third-order valence-corrected chi connectivity index (χ3v) is 7.44. The summed E-state index contributed by atoms with van der Waals surface area (Å²) in [5, 5.41) is 3.11. The molecule has 4 aromatic rings. The number of aryl methyl sites for hydroxylation is 1. The number of Topliss-reactive ketones (excluding diaryl/α,β-unsaturated/α-hetero) is 1. The number of carbonyl (C=O) groups is 1. The van der Waals surface area contributed by atoms with Crippen LogP contribution in [0.25, 0.3) is 21.1 Å². The maximum Gasteiger partial charge on any atom is 0.175 e. The van der Waals surface area contributed by atoms with E-state index in [9.17, 15) is 4.79 Å². The molecule has 3 aromatic heterocycles. The van der Waals surface area contributed by atoms with Crippen LogP contribution in [-0.2, 0) is 12.8 Å². The summed E-state index contributed by atoms with van der Waals surface area (Å²) in [5.41, 5.74) is 3.16. The van der Waals surface area contributed by atoms with Crippen molar-refractivity contribution in [2.24, 2.45) is 5.92 Å². The minimum atomic E-state index is 0.127. The Morgan fingerprint density at radius 1 is 1.33 bits per heavy atom. The molecule has 3 heterocycles. The number of thioether (sulfide) groups is 1. The molecule has 1 N–H and O–H groups in total. The number of nitrogens with zero attached hydrogens (tertiary/aromatic N) is 2. The molecule has 1 aliphatic carbocycles. The third kappa shape index (κ3) is 2.97. The lowest BCUT2D eigenvalue weighted by Crippen LogP contribution is -2.08. The van der Waals surface area contributed by atoms with Crippen LogP contribution in [0.3, 0.4) is 0 Å². The van der Waals surface area contributed by atoms with Crippen molar-refractivity contribution in [3.63, 3.8) is 0 Å². The normalized spacial score (nSPS) is 16.7. The SMILES string of the molecule is CC1CCc2c(sc3ncnc(SCC(=O)c4c[nH]c5ccccc45)c23)C1. The fourth-order valence-corrected chi connectivity index (χ4v) is 6.19. The van der Waals surface area contributed by atoms with E-state index in [0.717, 1.165) is 45.1 Å². The number of aromatic nitrogens is 3. The third-order valence-electron chi connectivity index (χ3n) is 5.29. The van der Waals surface area contributed by atoms with Crippen LogP contribution in [0, 0.1) is 5.92 Å². The number of hydrogen-bond acceptors (Lipinski definition) is 5. The van der Waals surface area contributed by atoms with Crippen molar-refractivity contribution in [2.45, 2.75) is 31.2 Å². The number of carbonyl (C=O) groups excluding carboxylic acids is 1. The van der Waals surface area contributed by atoms with E-state index < -0.39 is 0 Å². The number of ketones is 1. The zero-order valence-corrected chi connectivity index (χ0v) is 16.6. The number of thiophene rings is 1. The Hall–Kier alpha value is -2.18. The average molecular weight is 394 g/mol. The fourth-order valence-electron chi connectivity index (χ4n) is 3.87. The zero-order valence-electron chi connectivity index (χ0n) is 15.0. The largest absolute Gasteiger partial charge is 0.360 e. The summed E-state index contributed by atoms with van der Waals surface area (Å²) in [6.45, 7) is 2.31. The van der Waals surface area contributed by atoms with Gasteiger partial charge in [-0.25, -0.2) is 9.97 Å². The molecule has 136 valence electrons. The first-order chi connectivity index (χ1) is 13.2. The number of H-pyrrole nitrogens is 1. The van der Waals surface area contributed by atoms with Gasteiger partial charge in [-0.3, -0.25) is 4.79 Å². The van der Waals surface area contributed by atoms with Gasteiger partial charge in [0.05, 0.1) is 5.75 Å². The van der Waals surface area contributed by atoms with Crippen LogP contribution in [0.5, 0.6) is 0 Å². The summed E-state index contributed by atoms with van der Waals surface area (Å²) in [6.07, 6.45) is 6.89. The second-order valence-electron chi connectivity index (χ2n) is 7.17. The van der Waals surface area contributed by atoms with Crippen molar-refractivity contribution in [1.29, 1.82) is 0 Å². The van der Waals surface area contributed by atoms with Crippen LogP contribution in [-0.4, -0.2) is 26.5 Å². The van der Waals surface area contributed by atoms with Gasteiger partial charge in [-0.15, -0.1) is 11.3 Å². The molecule has 0 fully saturated rings. The van der Waals surface area contributed by atoms with Crippen LogP contribution in [0.4, 0.5) is 0 Å². The van der Waals surface area contributed by atoms with Crippen LogP contribution < -0.4 is 0 Å². The topological polar surface area (TPSA) is 58.6 Å². The Kier molecular flexibility index (Phi) is 4.25. The predicted molar refractivity (Wildman–Crippen MR) is 112 cm³/mol. The highest BCUT2D eigenvalue weighted by Gasteiger charge is 2.23. The van der Waals surface area contributed by atoms with Crippen LogP contribution in [0.2, 0.25) is 0 Å². The van der Waals surface area contributed by atoms with Crippen LogP contribution in [0.1, 0.15) is 34.1 Å². The Balaban J connectivity index is 1.44. The van der Waals surface area contributed by atoms with Gasteiger partial charge in [0.2, 0.25) is 0 Å². The van der Waals surface area contributed by atoms with E-state index in [-0.39, 0.29) is 5.78 Å². The minimum absolute atomic E-state index is 0.127. The van der Waals surface area contributed by atoms with Crippen molar-refractivity contribution in [2.75, 3.05) is 5.75 Å². The fraction of sp³-hybridized carbons (Fsp3) is 0.286. The van der Waals surface area contributed by atoms with E-state index in [1.54, 1.807) is 17.7 Å². The molecule has 0 bridgehead atoms. The lowest BCUT2D eigenvalue weighted by atomic mass is 9.89. The molecule has 1 aromatic carbocycles. The molecule has 0 amide bonds. The summed E-state index contributed by atoms with van der Waals surface area (Å²) >= 11 is 3.33. The highest BCUT2D eigenvalue weighted by Crippen LogP contribution is 2.40. The number of aromatic amines is 1. The molecule has 27 heavy (non-hydrogen) atoms. The summed E-state index contributed by atoms with van der Waals surface area (Å²) in [7, 11) is 0. The summed E-state index contributed by atoms with van der Waals surface area (Å²) < 4.78 is 0. The molecule has 6 heteroatoms. The van der Waals surface area contributed by atoms with Crippen molar-refractivity contribution < 1.29 is 4.79 Å². The summed E-state index contributed by atoms with van der Waals surface area (Å²) in [4.78, 5) is 27.5. The van der Waals surface area contributed by atoms with E-state index in [4.69, 9.17) is 0 Å². The molecular weight excluding hydrogens is 374 g/mol. The molecule has 0 spiro atoms. The number of nitrogens with one attached hydrogen (secondary N) is 1. The molecule has 0 aliphatic heterocycles. The second kappa shape index (κ2) is 6.77. The van der Waals surface area contributed by atoms with Crippen molar-refractivity contribution in [3.05, 3.63) is 52.8 Å². The molecule has 1 aliphatic rings. The monoisotopic (exact) mass is 393 g/mol. The molecule has 0 saturated carbocycles. The Labute approximate surface area is 165 Å². The van der Waals surface area contributed by atoms with Crippen molar-refractivity contribution in [1.82, 2.24) is 15.0 Å². The highest BCUT2D eigenvalue weighted by molar-refractivity contribution is 8.00. The molecule has 1 unspecified atom stereocenters. The van der Waals surface area contributed by atoms with Gasteiger partial charge in [-0.05, 0) is 36.8 Å². The van der Waals surface area contributed by atoms with E-state index >= 15 is 0 Å². The van der Waals surface area contributed by atoms with Gasteiger partial charge in [0, 0.05) is 32.9 Å². The van der Waals surface area contributed by atoms with Crippen molar-refractivity contribution >= 4 is 50.0 Å². The molecule has 1 atom stereocenters. The van der Waals surface area contributed by atoms with E-state index in [0.29, 0.717) is 5.75 Å². The lowest BCUT2D eigenvalue weighted by Gasteiger charge is -2.18. The molecule has 4 nitrogen and oxygen atoms in total. The standard InChI is InChI=1S/C21H19N3OS2/c1-12-6-7-14-18(8-12)27-21-19(14)20(23-11-24-21)26-10-17(25)15-9-22-16-5-3-2-4-13(15)16/h2-5,9,11-12,22H,6-8,10H2,1H3. The highest BCUT2D eigenvalue weighted by atomic mass is 32.2. The molecule has 0 saturated heterocycles. The van der Waals surface area contributed by atoms with Gasteiger partial charge in [-0.1, -0.05) is 36.9 Å². The minimum Gasteiger partial charge on any atom is -0.360 e. The molecule has 5 rings (SSSR count). The van der Waals surface area contributed by atoms with E-state index in [2.05, 4.69) is 21.9 Å². The van der Waals surface area contributed by atoms with Gasteiger partial charge in [0.25, 0.3) is 0 Å². The van der Waals surface area contributed by atoms with Crippen LogP contribution in [0.15, 0.2) is 41.8 Å². The number of hydrogen-bond donors (Lipinski definition) is 1. The van der Waals surface area contributed by atoms with Gasteiger partial charge in [0.15, 0.2) is 5.78 Å². The number of rotatable bonds is 4. The smallest absolute Gasteiger partial charge is 0.175 e. The summed E-state index contributed by atoms with van der Waals surface area (Å²) in [5.74, 6) is 1.25. The lowest BCUT2D eigenvalue weighted by molar-refractivity contribution is 0.102. The van der Waals surface area contributed by atoms with Gasteiger partial charge in [0.1, 0.15) is 16.2 Å². The molecular formula is C21H19N3OS2. The Morgan fingerprint density at radius 2 is 2.22 bits per heavy atom. The van der Waals surface area contributed by atoms with E-state index in [1.165, 1.54) is 34.0 Å². The first-order valence-electron chi connectivity index (χ1n) is 9.18. The van der Waals surface area contributed by atoms with Crippen LogP contribution >= 0.6 is 23.1 Å². The number of benzene rings is 1. The number of para-hydroxylation sites is 1. The number of fused-ring (bicyclic) bond motifs is 4. The second-order valence-corrected chi connectivity index (χ2v) is 9.22. The van der Waals surface area contributed by atoms with Crippen molar-refractivity contribution in [3.8, 4) is 0 Å². The quantitative estimate of drug-likeness (QED) is 0.291. The maximum absolute atomic E-state index is 12.8. The zero-order chi connectivity index (χ0) is 18.4. The Bertz CT molecular complexity index is 1160. The molecule has 0 radical (unpaired) electrons. The summed E-state index contributed by atoms with van der Waals surface area (Å²) in [6, 6.07) is 7.92. The van der Waals surface area contributed by atoms with Gasteiger partial charge >= 0.3 is 0 Å². The predicted octanol–water partition coefficient (Wildman–Crippen LogP) is 5.27. The maximum atomic E-state index is 12.8. The van der Waals surface area contributed by atoms with Gasteiger partial charge in [-0.2, -0.15) is 0 Å².